The van der Waals surface area contributed by atoms with Crippen molar-refractivity contribution in [1.82, 2.24) is 5.43 Å². The molecule has 1 saturated heterocycles. The number of hydrogen-bond acceptors (Lipinski definition) is 1. The van der Waals surface area contributed by atoms with Crippen molar-refractivity contribution in [2.24, 2.45) is 0 Å². The lowest BCUT2D eigenvalue weighted by atomic mass is 10.1. The van der Waals surface area contributed by atoms with Crippen LogP contribution in [-0.2, 0) is 4.79 Å². The van der Waals surface area contributed by atoms with E-state index in [4.69, 9.17) is 0 Å². The van der Waals surface area contributed by atoms with Crippen LogP contribution >= 0.6 is 0 Å². The molecule has 1 aliphatic rings. The van der Waals surface area contributed by atoms with Crippen LogP contribution in [0.25, 0.3) is 0 Å². The quantitative estimate of drug-likeness (QED) is 0.816. The van der Waals surface area contributed by atoms with Crippen LogP contribution in [-0.4, -0.2) is 16.8 Å². The van der Waals surface area contributed by atoms with Gasteiger partial charge in [0.1, 0.15) is 6.42 Å². The number of rotatable bonds is 2. The fourth-order valence-electron chi connectivity index (χ4n) is 2.32. The van der Waals surface area contributed by atoms with E-state index in [1.165, 1.54) is 0 Å². The molecule has 0 unspecified atom stereocenters. The van der Waals surface area contributed by atoms with Crippen LogP contribution in [0.4, 0.5) is 0 Å². The SMILES string of the molecule is O=C1C[C@H](c2ccccc2)/[N+](=C/c2ccccc2)N1. The van der Waals surface area contributed by atoms with E-state index in [1.54, 1.807) is 0 Å². The molecule has 19 heavy (non-hydrogen) atoms. The van der Waals surface area contributed by atoms with Crippen molar-refractivity contribution in [3.63, 3.8) is 0 Å². The summed E-state index contributed by atoms with van der Waals surface area (Å²) in [6, 6.07) is 20.1. The van der Waals surface area contributed by atoms with Crippen LogP contribution in [0.15, 0.2) is 60.7 Å². The molecule has 0 saturated carbocycles. The first-order chi connectivity index (χ1) is 9.33. The zero-order valence-electron chi connectivity index (χ0n) is 10.5. The lowest BCUT2D eigenvalue weighted by molar-refractivity contribution is -0.594. The van der Waals surface area contributed by atoms with Crippen LogP contribution in [0.2, 0.25) is 0 Å². The van der Waals surface area contributed by atoms with Crippen molar-refractivity contribution in [2.45, 2.75) is 12.5 Å². The van der Waals surface area contributed by atoms with Crippen molar-refractivity contribution in [3.05, 3.63) is 71.8 Å². The number of benzene rings is 2. The number of carbonyl (C=O) groups excluding carboxylic acids is 1. The van der Waals surface area contributed by atoms with Crippen LogP contribution < -0.4 is 5.43 Å². The number of hydrazine groups is 1. The Bertz CT molecular complexity index is 605. The van der Waals surface area contributed by atoms with E-state index in [-0.39, 0.29) is 11.9 Å². The highest BCUT2D eigenvalue weighted by atomic mass is 16.2. The largest absolute Gasteiger partial charge is 0.281 e. The molecule has 0 aromatic heterocycles. The van der Waals surface area contributed by atoms with Crippen LogP contribution in [0, 0.1) is 0 Å². The van der Waals surface area contributed by atoms with Gasteiger partial charge in [-0.05, 0) is 12.1 Å². The van der Waals surface area contributed by atoms with Gasteiger partial charge in [-0.25, -0.2) is 0 Å². The van der Waals surface area contributed by atoms with E-state index in [0.29, 0.717) is 6.42 Å². The molecule has 1 aliphatic heterocycles. The van der Waals surface area contributed by atoms with Gasteiger partial charge in [-0.3, -0.25) is 4.79 Å². The second kappa shape index (κ2) is 5.06. The first-order valence-electron chi connectivity index (χ1n) is 6.35. The Morgan fingerprint density at radius 3 is 2.32 bits per heavy atom. The van der Waals surface area contributed by atoms with E-state index in [9.17, 15) is 4.79 Å². The summed E-state index contributed by atoms with van der Waals surface area (Å²) in [5, 5.41) is 0. The second-order valence-corrected chi connectivity index (χ2v) is 4.61. The van der Waals surface area contributed by atoms with Crippen LogP contribution in [0.1, 0.15) is 23.6 Å². The number of nitrogens with one attached hydrogen (secondary N) is 1. The minimum Gasteiger partial charge on any atom is -0.269 e. The van der Waals surface area contributed by atoms with E-state index >= 15 is 0 Å². The predicted molar refractivity (Wildman–Crippen MR) is 73.8 cm³/mol. The van der Waals surface area contributed by atoms with Gasteiger partial charge in [-0.15, -0.1) is 10.1 Å². The Labute approximate surface area is 112 Å². The van der Waals surface area contributed by atoms with E-state index < -0.39 is 0 Å². The summed E-state index contributed by atoms with van der Waals surface area (Å²) in [7, 11) is 0. The Balaban J connectivity index is 1.95. The molecule has 1 heterocycles. The third-order valence-corrected chi connectivity index (χ3v) is 3.24. The van der Waals surface area contributed by atoms with Gasteiger partial charge < -0.3 is 0 Å². The monoisotopic (exact) mass is 251 g/mol. The van der Waals surface area contributed by atoms with Gasteiger partial charge in [0.2, 0.25) is 12.3 Å². The lowest BCUT2D eigenvalue weighted by Gasteiger charge is -2.04. The fraction of sp³-hybridized carbons (Fsp3) is 0.125. The number of carbonyl (C=O) groups is 1. The number of amides is 1. The Hall–Kier alpha value is -2.42. The highest BCUT2D eigenvalue weighted by molar-refractivity contribution is 5.80. The summed E-state index contributed by atoms with van der Waals surface area (Å²) in [6.07, 6.45) is 2.47. The van der Waals surface area contributed by atoms with Crippen molar-refractivity contribution < 1.29 is 9.48 Å². The Kier molecular flexibility index (Phi) is 3.11. The summed E-state index contributed by atoms with van der Waals surface area (Å²) >= 11 is 0. The standard InChI is InChI=1S/C16H14N2O/c19-16-11-15(14-9-5-2-6-10-14)18(17-16)12-13-7-3-1-4-8-13/h1-10,12,15H,11H2/p+1/b18-12-/t15-/m1/s1. The minimum atomic E-state index is 0.0565. The van der Waals surface area contributed by atoms with Gasteiger partial charge >= 0.3 is 0 Å². The molecule has 1 fully saturated rings. The molecule has 0 bridgehead atoms. The van der Waals surface area contributed by atoms with Crippen molar-refractivity contribution in [2.75, 3.05) is 0 Å². The third-order valence-electron chi connectivity index (χ3n) is 3.24. The first-order valence-corrected chi connectivity index (χ1v) is 6.35. The van der Waals surface area contributed by atoms with Gasteiger partial charge in [-0.1, -0.05) is 48.5 Å². The molecule has 1 amide bonds. The van der Waals surface area contributed by atoms with Gasteiger partial charge in [0.15, 0.2) is 0 Å². The molecule has 0 spiro atoms. The number of nitrogens with zero attached hydrogens (tertiary/aromatic N) is 1. The molecule has 2 aromatic rings. The van der Waals surface area contributed by atoms with Gasteiger partial charge in [0.05, 0.1) is 0 Å². The second-order valence-electron chi connectivity index (χ2n) is 4.61. The van der Waals surface area contributed by atoms with Crippen LogP contribution in [0.3, 0.4) is 0 Å². The highest BCUT2D eigenvalue weighted by Gasteiger charge is 2.35. The maximum atomic E-state index is 11.7. The zero-order chi connectivity index (χ0) is 13.1. The van der Waals surface area contributed by atoms with Gasteiger partial charge in [0.25, 0.3) is 5.91 Å². The van der Waals surface area contributed by atoms with E-state index in [2.05, 4.69) is 17.6 Å². The summed E-state index contributed by atoms with van der Waals surface area (Å²) < 4.78 is 1.90. The average Bonchev–Trinajstić information content (AvgIpc) is 2.82. The molecule has 1 atom stereocenters. The van der Waals surface area contributed by atoms with Crippen molar-refractivity contribution in [1.29, 1.82) is 0 Å². The highest BCUT2D eigenvalue weighted by Crippen LogP contribution is 2.23. The molecule has 2 aromatic carbocycles. The van der Waals surface area contributed by atoms with Crippen molar-refractivity contribution in [3.8, 4) is 0 Å². The minimum absolute atomic E-state index is 0.0565. The predicted octanol–water partition coefficient (Wildman–Crippen LogP) is 2.29. The van der Waals surface area contributed by atoms with E-state index in [0.717, 1.165) is 11.1 Å². The lowest BCUT2D eigenvalue weighted by Crippen LogP contribution is -2.26. The first kappa shape index (κ1) is 11.7. The summed E-state index contributed by atoms with van der Waals surface area (Å²) in [5.74, 6) is 0.0565. The molecule has 3 heteroatoms. The Morgan fingerprint density at radius 1 is 1.00 bits per heavy atom. The summed E-state index contributed by atoms with van der Waals surface area (Å²) in [6.45, 7) is 0. The molecule has 3 nitrogen and oxygen atoms in total. The molecular weight excluding hydrogens is 236 g/mol. The molecule has 1 N–H and O–H groups in total. The molecule has 94 valence electrons. The smallest absolute Gasteiger partial charge is 0.269 e. The number of hydrazone groups is 1. The maximum absolute atomic E-state index is 11.7. The molecule has 3 rings (SSSR count). The molecule has 0 radical (unpaired) electrons. The fourth-order valence-corrected chi connectivity index (χ4v) is 2.32. The topological polar surface area (TPSA) is 32.1 Å². The summed E-state index contributed by atoms with van der Waals surface area (Å²) in [4.78, 5) is 11.7. The normalized spacial score (nSPS) is 20.5. The average molecular weight is 251 g/mol. The van der Waals surface area contributed by atoms with E-state index in [1.807, 2.05) is 59.4 Å². The molecular formula is C16H15N2O+. The van der Waals surface area contributed by atoms with Crippen molar-refractivity contribution >= 4 is 12.1 Å². The molecule has 0 aliphatic carbocycles. The van der Waals surface area contributed by atoms with Gasteiger partial charge in [0, 0.05) is 11.1 Å². The Morgan fingerprint density at radius 2 is 1.63 bits per heavy atom. The maximum Gasteiger partial charge on any atom is 0.281 e. The van der Waals surface area contributed by atoms with Gasteiger partial charge in [-0.2, -0.15) is 0 Å². The number of hydrogen-bond donors (Lipinski definition) is 1. The summed E-state index contributed by atoms with van der Waals surface area (Å²) in [5.41, 5.74) is 5.11. The third kappa shape index (κ3) is 2.55. The van der Waals surface area contributed by atoms with Crippen LogP contribution in [0.5, 0.6) is 0 Å². The zero-order valence-corrected chi connectivity index (χ0v) is 10.5.